The Balaban J connectivity index is 1.32. The lowest BCUT2D eigenvalue weighted by atomic mass is 10.1. The number of nitrogens with zero attached hydrogens (tertiary/aromatic N) is 4. The number of hydrogen-bond acceptors (Lipinski definition) is 6. The van der Waals surface area contributed by atoms with Gasteiger partial charge in [-0.25, -0.2) is 9.07 Å². The number of ether oxygens (including phenoxy) is 1. The van der Waals surface area contributed by atoms with E-state index < -0.39 is 0 Å². The summed E-state index contributed by atoms with van der Waals surface area (Å²) in [6.45, 7) is 5.74. The molecule has 0 aliphatic carbocycles. The second-order valence-corrected chi connectivity index (χ2v) is 9.31. The highest BCUT2D eigenvalue weighted by molar-refractivity contribution is 7.22. The van der Waals surface area contributed by atoms with Crippen LogP contribution in [0.15, 0.2) is 48.1 Å². The van der Waals surface area contributed by atoms with Crippen molar-refractivity contribution in [2.45, 2.75) is 32.7 Å². The van der Waals surface area contributed by atoms with Gasteiger partial charge < -0.3 is 15.0 Å². The zero-order valence-electron chi connectivity index (χ0n) is 19.8. The van der Waals surface area contributed by atoms with Crippen molar-refractivity contribution in [3.63, 3.8) is 0 Å². The zero-order chi connectivity index (χ0) is 24.8. The Bertz CT molecular complexity index is 1280. The van der Waals surface area contributed by atoms with Gasteiger partial charge in [0.25, 0.3) is 0 Å². The number of hydrogen-bond donors (Lipinski definition) is 1. The third-order valence-corrected chi connectivity index (χ3v) is 6.94. The molecule has 0 radical (unpaired) electrons. The summed E-state index contributed by atoms with van der Waals surface area (Å²) in [5, 5.41) is 8.58. The number of thiazole rings is 1. The number of halogens is 1. The Morgan fingerprint density at radius 2 is 2.06 bits per heavy atom. The maximum Gasteiger partial charge on any atom is 0.246 e. The third kappa shape index (κ3) is 5.96. The maximum atomic E-state index is 13.3. The van der Waals surface area contributed by atoms with Gasteiger partial charge >= 0.3 is 0 Å². The average Bonchev–Trinajstić information content (AvgIpc) is 3.41. The van der Waals surface area contributed by atoms with Crippen LogP contribution in [0.5, 0.6) is 0 Å². The molecule has 0 saturated carbocycles. The van der Waals surface area contributed by atoms with Gasteiger partial charge in [-0.15, -0.1) is 6.42 Å². The smallest absolute Gasteiger partial charge is 0.246 e. The molecule has 0 atom stereocenters. The summed E-state index contributed by atoms with van der Waals surface area (Å²) in [5.41, 5.74) is 3.30. The molecular weight excluding hydrogens is 465 g/mol. The molecule has 4 rings (SSSR count). The fourth-order valence-corrected chi connectivity index (χ4v) is 5.06. The molecule has 0 bridgehead atoms. The minimum Gasteiger partial charge on any atom is -0.367 e. The molecule has 3 heterocycles. The number of fused-ring (bicyclic) bond motifs is 1. The Morgan fingerprint density at radius 1 is 1.31 bits per heavy atom. The van der Waals surface area contributed by atoms with Gasteiger partial charge in [0.05, 0.1) is 22.7 Å². The summed E-state index contributed by atoms with van der Waals surface area (Å²) in [6, 6.07) is 6.34. The van der Waals surface area contributed by atoms with E-state index in [2.05, 4.69) is 21.2 Å². The van der Waals surface area contributed by atoms with E-state index in [1.807, 2.05) is 26.0 Å². The molecule has 0 spiro atoms. The molecule has 1 fully saturated rings. The van der Waals surface area contributed by atoms with Gasteiger partial charge in [-0.3, -0.25) is 4.79 Å². The third-order valence-electron chi connectivity index (χ3n) is 5.73. The first kappa shape index (κ1) is 24.6. The minimum atomic E-state index is -0.284. The van der Waals surface area contributed by atoms with Gasteiger partial charge in [0.2, 0.25) is 5.91 Å². The lowest BCUT2D eigenvalue weighted by Crippen LogP contribution is -2.45. The quantitative estimate of drug-likeness (QED) is 0.377. The SMILES string of the molecule is C#C/C=C(\C=C/C)COCC(=O)NC1CCN(c2nc3c(s2)c(C)nn3-c2ccc(F)cc2)CC1. The van der Waals surface area contributed by atoms with Crippen molar-refractivity contribution >= 4 is 32.7 Å². The number of piperidine rings is 1. The molecule has 3 aromatic rings. The number of benzene rings is 1. The van der Waals surface area contributed by atoms with Gasteiger partial charge in [0, 0.05) is 19.1 Å². The second kappa shape index (κ2) is 11.3. The first-order valence-corrected chi connectivity index (χ1v) is 12.3. The molecule has 2 aromatic heterocycles. The number of carbonyl (C=O) groups is 1. The van der Waals surface area contributed by atoms with Crippen LogP contribution in [0.2, 0.25) is 0 Å². The number of allylic oxidation sites excluding steroid dienone is 2. The Morgan fingerprint density at radius 3 is 2.74 bits per heavy atom. The summed E-state index contributed by atoms with van der Waals surface area (Å²) in [7, 11) is 0. The van der Waals surface area contributed by atoms with E-state index in [1.165, 1.54) is 12.1 Å². The van der Waals surface area contributed by atoms with E-state index in [4.69, 9.17) is 16.1 Å². The van der Waals surface area contributed by atoms with Gasteiger partial charge in [-0.1, -0.05) is 29.4 Å². The number of aryl methyl sites for hydroxylation is 1. The van der Waals surface area contributed by atoms with Crippen LogP contribution in [0.3, 0.4) is 0 Å². The predicted octanol–water partition coefficient (Wildman–Crippen LogP) is 4.17. The summed E-state index contributed by atoms with van der Waals surface area (Å²) in [6.07, 6.45) is 12.3. The van der Waals surface area contributed by atoms with Gasteiger partial charge in [-0.2, -0.15) is 10.1 Å². The number of carbonyl (C=O) groups excluding carboxylic acids is 1. The standard InChI is InChI=1S/C26H28FN5O2S/c1-4-6-19(7-5-2)16-34-17-23(33)28-21-12-14-31(15-13-21)26-29-25-24(35-26)18(3)30-32(25)22-10-8-20(27)9-11-22/h1,5-11,21H,12-17H2,2-3H3,(H,28,33)/b7-5-,19-6+. The fraction of sp³-hybridized carbons (Fsp3) is 0.346. The maximum absolute atomic E-state index is 13.3. The highest BCUT2D eigenvalue weighted by Gasteiger charge is 2.24. The van der Waals surface area contributed by atoms with Crippen molar-refractivity contribution in [1.29, 1.82) is 0 Å². The minimum absolute atomic E-state index is 0.00326. The molecule has 1 N–H and O–H groups in total. The molecule has 1 amide bonds. The van der Waals surface area contributed by atoms with Crippen molar-refractivity contribution < 1.29 is 13.9 Å². The number of terminal acetylenes is 1. The van der Waals surface area contributed by atoms with Crippen LogP contribution in [0.1, 0.15) is 25.5 Å². The van der Waals surface area contributed by atoms with Crippen LogP contribution in [-0.2, 0) is 9.53 Å². The molecule has 0 unspecified atom stereocenters. The molecule has 35 heavy (non-hydrogen) atoms. The summed E-state index contributed by atoms with van der Waals surface area (Å²) in [4.78, 5) is 19.4. The van der Waals surface area contributed by atoms with Crippen molar-refractivity contribution in [2.75, 3.05) is 31.2 Å². The number of rotatable bonds is 8. The second-order valence-electron chi connectivity index (χ2n) is 8.33. The van der Waals surface area contributed by atoms with E-state index in [0.717, 1.165) is 58.4 Å². The van der Waals surface area contributed by atoms with E-state index in [9.17, 15) is 9.18 Å². The molecule has 1 aliphatic heterocycles. The van der Waals surface area contributed by atoms with E-state index in [-0.39, 0.29) is 24.4 Å². The molecular formula is C26H28FN5O2S. The molecule has 1 aliphatic rings. The summed E-state index contributed by atoms with van der Waals surface area (Å²) in [5.74, 6) is 2.07. The molecule has 1 aromatic carbocycles. The highest BCUT2D eigenvalue weighted by atomic mass is 32.1. The van der Waals surface area contributed by atoms with Gasteiger partial charge in [0.15, 0.2) is 10.8 Å². The summed E-state index contributed by atoms with van der Waals surface area (Å²) < 4.78 is 21.6. The fourth-order valence-electron chi connectivity index (χ4n) is 4.03. The lowest BCUT2D eigenvalue weighted by molar-refractivity contribution is -0.126. The number of amides is 1. The Hall–Kier alpha value is -3.48. The van der Waals surface area contributed by atoms with E-state index >= 15 is 0 Å². The Kier molecular flexibility index (Phi) is 7.95. The van der Waals surface area contributed by atoms with Crippen molar-refractivity contribution in [3.05, 3.63) is 59.6 Å². The van der Waals surface area contributed by atoms with Crippen LogP contribution in [0.25, 0.3) is 16.0 Å². The van der Waals surface area contributed by atoms with Crippen LogP contribution in [0.4, 0.5) is 9.52 Å². The van der Waals surface area contributed by atoms with Gasteiger partial charge in [0.1, 0.15) is 12.4 Å². The monoisotopic (exact) mass is 493 g/mol. The molecule has 1 saturated heterocycles. The zero-order valence-corrected chi connectivity index (χ0v) is 20.6. The van der Waals surface area contributed by atoms with Crippen LogP contribution in [0, 0.1) is 25.1 Å². The first-order chi connectivity index (χ1) is 17.0. The molecule has 182 valence electrons. The molecule has 9 heteroatoms. The normalized spacial score (nSPS) is 15.1. The number of nitrogens with one attached hydrogen (secondary N) is 1. The summed E-state index contributed by atoms with van der Waals surface area (Å²) >= 11 is 1.61. The Labute approximate surface area is 208 Å². The largest absolute Gasteiger partial charge is 0.367 e. The van der Waals surface area contributed by atoms with E-state index in [0.29, 0.717) is 6.61 Å². The van der Waals surface area contributed by atoms with E-state index in [1.54, 1.807) is 34.2 Å². The lowest BCUT2D eigenvalue weighted by Gasteiger charge is -2.32. The van der Waals surface area contributed by atoms with Crippen LogP contribution < -0.4 is 10.2 Å². The van der Waals surface area contributed by atoms with Crippen molar-refractivity contribution in [2.24, 2.45) is 0 Å². The molecule has 7 nitrogen and oxygen atoms in total. The number of anilines is 1. The van der Waals surface area contributed by atoms with Crippen LogP contribution >= 0.6 is 11.3 Å². The average molecular weight is 494 g/mol. The van der Waals surface area contributed by atoms with Gasteiger partial charge in [-0.05, 0) is 62.6 Å². The number of aromatic nitrogens is 3. The topological polar surface area (TPSA) is 72.3 Å². The van der Waals surface area contributed by atoms with Crippen LogP contribution in [-0.4, -0.2) is 53.0 Å². The predicted molar refractivity (Wildman–Crippen MR) is 137 cm³/mol. The van der Waals surface area contributed by atoms with Crippen molar-refractivity contribution in [3.8, 4) is 18.0 Å². The highest BCUT2D eigenvalue weighted by Crippen LogP contribution is 2.33. The first-order valence-electron chi connectivity index (χ1n) is 11.5. The van der Waals surface area contributed by atoms with Crippen molar-refractivity contribution in [1.82, 2.24) is 20.1 Å².